The molecule has 1 unspecified atom stereocenters. The van der Waals surface area contributed by atoms with E-state index in [2.05, 4.69) is 15.6 Å². The first kappa shape index (κ1) is 19.6. The molecular formula is C23H23FN6O. The van der Waals surface area contributed by atoms with Gasteiger partial charge >= 0.3 is 0 Å². The zero-order chi connectivity index (χ0) is 21.2. The number of nitrogens with zero attached hydrogens (tertiary/aromatic N) is 4. The lowest BCUT2D eigenvalue weighted by molar-refractivity contribution is -0.135. The van der Waals surface area contributed by atoms with Gasteiger partial charge in [0.2, 0.25) is 5.91 Å². The minimum absolute atomic E-state index is 0.0261. The predicted octanol–water partition coefficient (Wildman–Crippen LogP) is 2.92. The zero-order valence-electron chi connectivity index (χ0n) is 17.0. The Bertz CT molecular complexity index is 1100. The number of hydrogen-bond donors (Lipinski definition) is 2. The molecule has 158 valence electrons. The van der Waals surface area contributed by atoms with Crippen molar-refractivity contribution in [3.63, 3.8) is 0 Å². The average Bonchev–Trinajstić information content (AvgIpc) is 3.34. The van der Waals surface area contributed by atoms with Gasteiger partial charge in [-0.2, -0.15) is 0 Å². The minimum Gasteiger partial charge on any atom is -0.340 e. The van der Waals surface area contributed by atoms with Crippen LogP contribution in [0.2, 0.25) is 0 Å². The molecule has 1 atom stereocenters. The number of rotatable bonds is 4. The zero-order valence-corrected chi connectivity index (χ0v) is 17.0. The smallest absolute Gasteiger partial charge is 0.227 e. The number of pyridine rings is 1. The first-order valence-corrected chi connectivity index (χ1v) is 10.5. The van der Waals surface area contributed by atoms with Crippen LogP contribution in [0.4, 0.5) is 15.9 Å². The van der Waals surface area contributed by atoms with Crippen LogP contribution in [0.1, 0.15) is 17.7 Å². The third kappa shape index (κ3) is 4.11. The molecule has 5 rings (SSSR count). The normalized spacial score (nSPS) is 18.0. The number of aromatic nitrogens is 3. The minimum atomic E-state index is -0.326. The molecule has 0 aliphatic carbocycles. The van der Waals surface area contributed by atoms with Gasteiger partial charge in [0.05, 0.1) is 18.2 Å². The number of carbonyl (C=O) groups is 1. The molecule has 1 aromatic carbocycles. The van der Waals surface area contributed by atoms with E-state index >= 15 is 0 Å². The molecule has 2 aliphatic rings. The van der Waals surface area contributed by atoms with E-state index in [-0.39, 0.29) is 17.6 Å². The molecule has 3 aromatic rings. The number of benzene rings is 1. The highest BCUT2D eigenvalue weighted by Crippen LogP contribution is 2.30. The van der Waals surface area contributed by atoms with Crippen molar-refractivity contribution in [2.24, 2.45) is 5.92 Å². The molecule has 0 spiro atoms. The summed E-state index contributed by atoms with van der Waals surface area (Å²) in [5.41, 5.74) is 3.25. The highest BCUT2D eigenvalue weighted by molar-refractivity contribution is 5.80. The molecule has 1 amide bonds. The van der Waals surface area contributed by atoms with Crippen molar-refractivity contribution in [1.82, 2.24) is 25.2 Å². The maximum atomic E-state index is 13.8. The fourth-order valence-corrected chi connectivity index (χ4v) is 4.16. The first-order valence-electron chi connectivity index (χ1n) is 10.5. The lowest BCUT2D eigenvalue weighted by Crippen LogP contribution is -2.41. The van der Waals surface area contributed by atoms with Gasteiger partial charge in [-0.1, -0.05) is 6.07 Å². The van der Waals surface area contributed by atoms with E-state index in [1.165, 1.54) is 12.1 Å². The molecule has 31 heavy (non-hydrogen) atoms. The number of anilines is 2. The Kier molecular flexibility index (Phi) is 5.30. The predicted molar refractivity (Wildman–Crippen MR) is 115 cm³/mol. The summed E-state index contributed by atoms with van der Waals surface area (Å²) in [4.78, 5) is 28.5. The summed E-state index contributed by atoms with van der Waals surface area (Å²) in [6, 6.07) is 9.99. The summed E-state index contributed by atoms with van der Waals surface area (Å²) < 4.78 is 13.8. The summed E-state index contributed by atoms with van der Waals surface area (Å²) in [5.74, 6) is 1.06. The Morgan fingerprint density at radius 1 is 1.19 bits per heavy atom. The second-order valence-electron chi connectivity index (χ2n) is 7.89. The fourth-order valence-electron chi connectivity index (χ4n) is 4.16. The average molecular weight is 418 g/mol. The van der Waals surface area contributed by atoms with E-state index in [0.29, 0.717) is 36.8 Å². The van der Waals surface area contributed by atoms with E-state index in [1.807, 2.05) is 17.0 Å². The molecule has 1 saturated heterocycles. The Morgan fingerprint density at radius 2 is 2.06 bits per heavy atom. The highest BCUT2D eigenvalue weighted by atomic mass is 19.1. The van der Waals surface area contributed by atoms with Gasteiger partial charge in [-0.3, -0.25) is 9.78 Å². The monoisotopic (exact) mass is 418 g/mol. The van der Waals surface area contributed by atoms with Gasteiger partial charge in [-0.25, -0.2) is 14.4 Å². The lowest BCUT2D eigenvalue weighted by atomic mass is 10.0. The van der Waals surface area contributed by atoms with Gasteiger partial charge in [0.1, 0.15) is 11.6 Å². The largest absolute Gasteiger partial charge is 0.340 e. The van der Waals surface area contributed by atoms with Crippen molar-refractivity contribution in [2.45, 2.75) is 19.4 Å². The second kappa shape index (κ2) is 8.39. The third-order valence-electron chi connectivity index (χ3n) is 5.81. The number of hydrogen-bond acceptors (Lipinski definition) is 6. The maximum absolute atomic E-state index is 13.8. The standard InChI is InChI=1S/C23H23FN6O/c24-17-2-1-3-18(12-17)27-22-19-14-30(23(31)16-6-10-26-13-16)11-7-20(19)28-21(29-22)15-4-8-25-9-5-15/h1-5,8-9,12,16,26H,6-7,10-11,13-14H2,(H,27,28,29). The van der Waals surface area contributed by atoms with Crippen molar-refractivity contribution in [1.29, 1.82) is 0 Å². The summed E-state index contributed by atoms with van der Waals surface area (Å²) in [6.07, 6.45) is 4.93. The quantitative estimate of drug-likeness (QED) is 0.678. The molecule has 8 heteroatoms. The van der Waals surface area contributed by atoms with Crippen LogP contribution in [0.5, 0.6) is 0 Å². The van der Waals surface area contributed by atoms with Crippen molar-refractivity contribution in [3.05, 3.63) is 65.9 Å². The number of halogens is 1. The Labute approximate surface area is 179 Å². The maximum Gasteiger partial charge on any atom is 0.227 e. The third-order valence-corrected chi connectivity index (χ3v) is 5.81. The van der Waals surface area contributed by atoms with Gasteiger partial charge in [0.15, 0.2) is 5.82 Å². The van der Waals surface area contributed by atoms with Crippen LogP contribution in [0.3, 0.4) is 0 Å². The summed E-state index contributed by atoms with van der Waals surface area (Å²) in [7, 11) is 0. The number of fused-ring (bicyclic) bond motifs is 1. The van der Waals surface area contributed by atoms with E-state index in [4.69, 9.17) is 9.97 Å². The van der Waals surface area contributed by atoms with E-state index in [1.54, 1.807) is 24.5 Å². The SMILES string of the molecule is O=C(C1CCNC1)N1CCc2nc(-c3ccncc3)nc(Nc3cccc(F)c3)c2C1. The van der Waals surface area contributed by atoms with Gasteiger partial charge < -0.3 is 15.5 Å². The molecule has 2 aliphatic heterocycles. The molecular weight excluding hydrogens is 395 g/mol. The molecule has 1 fully saturated rings. The van der Waals surface area contributed by atoms with Gasteiger partial charge in [-0.05, 0) is 43.3 Å². The summed E-state index contributed by atoms with van der Waals surface area (Å²) in [5, 5.41) is 6.52. The Balaban J connectivity index is 1.51. The van der Waals surface area contributed by atoms with Crippen molar-refractivity contribution < 1.29 is 9.18 Å². The van der Waals surface area contributed by atoms with Crippen LogP contribution < -0.4 is 10.6 Å². The number of nitrogens with one attached hydrogen (secondary N) is 2. The molecule has 0 saturated carbocycles. The Hall–Kier alpha value is -3.39. The van der Waals surface area contributed by atoms with E-state index < -0.39 is 0 Å². The molecule has 0 bridgehead atoms. The van der Waals surface area contributed by atoms with Crippen molar-refractivity contribution in [3.8, 4) is 11.4 Å². The van der Waals surface area contributed by atoms with Crippen LogP contribution in [0.15, 0.2) is 48.8 Å². The summed E-state index contributed by atoms with van der Waals surface area (Å²) in [6.45, 7) is 2.69. The van der Waals surface area contributed by atoms with Gasteiger partial charge in [0, 0.05) is 48.7 Å². The van der Waals surface area contributed by atoms with Gasteiger partial charge in [0.25, 0.3) is 0 Å². The molecule has 7 nitrogen and oxygen atoms in total. The molecule has 4 heterocycles. The van der Waals surface area contributed by atoms with Crippen LogP contribution in [-0.4, -0.2) is 45.4 Å². The van der Waals surface area contributed by atoms with Gasteiger partial charge in [-0.15, -0.1) is 0 Å². The molecule has 0 radical (unpaired) electrons. The number of amides is 1. The van der Waals surface area contributed by atoms with Crippen molar-refractivity contribution in [2.75, 3.05) is 25.0 Å². The first-order chi connectivity index (χ1) is 15.2. The highest BCUT2D eigenvalue weighted by Gasteiger charge is 2.31. The van der Waals surface area contributed by atoms with Crippen molar-refractivity contribution >= 4 is 17.4 Å². The summed E-state index contributed by atoms with van der Waals surface area (Å²) >= 11 is 0. The Morgan fingerprint density at radius 3 is 2.84 bits per heavy atom. The van der Waals surface area contributed by atoms with E-state index in [0.717, 1.165) is 36.3 Å². The second-order valence-corrected chi connectivity index (χ2v) is 7.89. The molecule has 2 aromatic heterocycles. The van der Waals surface area contributed by atoms with Crippen LogP contribution in [0, 0.1) is 11.7 Å². The number of carbonyl (C=O) groups excluding carboxylic acids is 1. The fraction of sp³-hybridized carbons (Fsp3) is 0.304. The van der Waals surface area contributed by atoms with Crippen LogP contribution in [0.25, 0.3) is 11.4 Å². The molecule has 2 N–H and O–H groups in total. The lowest BCUT2D eigenvalue weighted by Gasteiger charge is -2.31. The van der Waals surface area contributed by atoms with Crippen LogP contribution in [-0.2, 0) is 17.8 Å². The van der Waals surface area contributed by atoms with Crippen LogP contribution >= 0.6 is 0 Å². The van der Waals surface area contributed by atoms with E-state index in [9.17, 15) is 9.18 Å². The topological polar surface area (TPSA) is 83.0 Å².